The predicted molar refractivity (Wildman–Crippen MR) is 268 cm³/mol. The van der Waals surface area contributed by atoms with E-state index in [1.54, 1.807) is 0 Å². The van der Waals surface area contributed by atoms with Crippen molar-refractivity contribution in [2.45, 2.75) is 5.41 Å². The monoisotopic (exact) mass is 819 g/mol. The Bertz CT molecular complexity index is 3270. The smallest absolute Gasteiger partial charge is 0.0714 e. The van der Waals surface area contributed by atoms with Gasteiger partial charge in [0.1, 0.15) is 0 Å². The van der Waals surface area contributed by atoms with Crippen LogP contribution in [0.5, 0.6) is 0 Å². The lowest BCUT2D eigenvalue weighted by Crippen LogP contribution is -2.28. The normalized spacial score (nSPS) is 12.6. The van der Waals surface area contributed by atoms with E-state index >= 15 is 0 Å². The number of hydrogen-bond acceptors (Lipinski definition) is 2. The van der Waals surface area contributed by atoms with Crippen molar-refractivity contribution in [2.75, 3.05) is 4.90 Å². The summed E-state index contributed by atoms with van der Waals surface area (Å²) in [5.41, 5.74) is 18.1. The highest BCUT2D eigenvalue weighted by Crippen LogP contribution is 2.59. The Kier molecular flexibility index (Phi) is 8.98. The average molecular weight is 820 g/mol. The van der Waals surface area contributed by atoms with Gasteiger partial charge in [-0.3, -0.25) is 0 Å². The fraction of sp³-hybridized carbons (Fsp3) is 0.0164. The summed E-state index contributed by atoms with van der Waals surface area (Å²) in [5.74, 6) is 0. The fourth-order valence-corrected chi connectivity index (χ4v) is 11.5. The van der Waals surface area contributed by atoms with Crippen molar-refractivity contribution in [1.29, 1.82) is 0 Å². The zero-order valence-corrected chi connectivity index (χ0v) is 35.3. The van der Waals surface area contributed by atoms with E-state index in [0.29, 0.717) is 0 Å². The molecule has 63 heavy (non-hydrogen) atoms. The molecule has 1 aromatic heterocycles. The van der Waals surface area contributed by atoms with Gasteiger partial charge in [-0.05, 0) is 97.6 Å². The molecular formula is C61H41NS. The molecule has 1 aliphatic rings. The Hall–Kier alpha value is -7.78. The van der Waals surface area contributed by atoms with Crippen LogP contribution < -0.4 is 4.90 Å². The fourth-order valence-electron chi connectivity index (χ4n) is 10.1. The van der Waals surface area contributed by atoms with Crippen molar-refractivity contribution in [3.63, 3.8) is 0 Å². The molecule has 10 aromatic carbocycles. The Morgan fingerprint density at radius 2 is 0.714 bits per heavy atom. The van der Waals surface area contributed by atoms with Crippen molar-refractivity contribution >= 4 is 48.6 Å². The SMILES string of the molecule is c1ccc(-c2ccc(N(c3ccc(-c4ccccc4)cc3)c3ccc(-c4cccc5c4sc4c6c(ccc45)C(c4ccccc4)(c4ccccc4)c4ccccc4-6)cc3)cc2)cc1. The topological polar surface area (TPSA) is 3.24 Å². The first kappa shape index (κ1) is 37.0. The Morgan fingerprint density at radius 1 is 0.286 bits per heavy atom. The molecule has 0 spiro atoms. The van der Waals surface area contributed by atoms with Crippen molar-refractivity contribution in [1.82, 2.24) is 0 Å². The second-order valence-corrected chi connectivity index (χ2v) is 17.4. The third-order valence-electron chi connectivity index (χ3n) is 13.0. The molecule has 0 atom stereocenters. The lowest BCUT2D eigenvalue weighted by atomic mass is 9.68. The molecule has 0 saturated carbocycles. The molecule has 0 fully saturated rings. The van der Waals surface area contributed by atoms with Gasteiger partial charge in [-0.25, -0.2) is 0 Å². The predicted octanol–water partition coefficient (Wildman–Crippen LogP) is 16.9. The van der Waals surface area contributed by atoms with Crippen LogP contribution >= 0.6 is 11.3 Å². The maximum absolute atomic E-state index is 2.42. The van der Waals surface area contributed by atoms with Gasteiger partial charge in [-0.2, -0.15) is 0 Å². The summed E-state index contributed by atoms with van der Waals surface area (Å²) in [5, 5.41) is 2.61. The molecule has 0 aliphatic heterocycles. The molecule has 12 rings (SSSR count). The van der Waals surface area contributed by atoms with E-state index in [1.807, 2.05) is 11.3 Å². The van der Waals surface area contributed by atoms with Crippen LogP contribution in [0.4, 0.5) is 17.1 Å². The van der Waals surface area contributed by atoms with Gasteiger partial charge in [0.25, 0.3) is 0 Å². The molecule has 11 aromatic rings. The van der Waals surface area contributed by atoms with E-state index < -0.39 is 5.41 Å². The van der Waals surface area contributed by atoms with Crippen LogP contribution in [-0.4, -0.2) is 0 Å². The van der Waals surface area contributed by atoms with Crippen LogP contribution in [0.1, 0.15) is 22.3 Å². The lowest BCUT2D eigenvalue weighted by molar-refractivity contribution is 0.769. The van der Waals surface area contributed by atoms with Gasteiger partial charge in [-0.15, -0.1) is 11.3 Å². The summed E-state index contributed by atoms with van der Waals surface area (Å²) in [7, 11) is 0. The molecule has 0 saturated heterocycles. The number of hydrogen-bond donors (Lipinski definition) is 0. The molecule has 296 valence electrons. The van der Waals surface area contributed by atoms with Gasteiger partial charge in [0.15, 0.2) is 0 Å². The van der Waals surface area contributed by atoms with Crippen LogP contribution in [0, 0.1) is 0 Å². The Morgan fingerprint density at radius 3 is 1.25 bits per heavy atom. The zero-order chi connectivity index (χ0) is 41.7. The van der Waals surface area contributed by atoms with Gasteiger partial charge < -0.3 is 4.90 Å². The minimum absolute atomic E-state index is 0.424. The van der Waals surface area contributed by atoms with Crippen molar-refractivity contribution < 1.29 is 0 Å². The second-order valence-electron chi connectivity index (χ2n) is 16.4. The minimum Gasteiger partial charge on any atom is -0.311 e. The standard InChI is InChI=1S/C61H41NS/c1-5-16-42(17-6-1)44-28-34-49(35-29-44)62(50-36-30-45(31-37-50)43-18-7-2-8-19-43)51-38-32-46(33-39-51)52-25-15-26-53-54-40-41-57-58(60(54)63-59(52)53)55-24-13-14-27-56(55)61(57,47-20-9-3-10-21-47)48-22-11-4-12-23-48/h1-41H. The summed E-state index contributed by atoms with van der Waals surface area (Å²) < 4.78 is 2.66. The molecule has 0 N–H and O–H groups in total. The summed E-state index contributed by atoms with van der Waals surface area (Å²) >= 11 is 1.94. The van der Waals surface area contributed by atoms with Crippen LogP contribution in [-0.2, 0) is 5.41 Å². The Balaban J connectivity index is 0.978. The third-order valence-corrected chi connectivity index (χ3v) is 14.3. The maximum Gasteiger partial charge on any atom is 0.0714 e. The first-order valence-corrected chi connectivity index (χ1v) is 22.5. The molecule has 0 radical (unpaired) electrons. The van der Waals surface area contributed by atoms with Crippen LogP contribution in [0.2, 0.25) is 0 Å². The number of anilines is 3. The minimum atomic E-state index is -0.424. The van der Waals surface area contributed by atoms with E-state index in [9.17, 15) is 0 Å². The molecule has 0 amide bonds. The van der Waals surface area contributed by atoms with Gasteiger partial charge in [-0.1, -0.05) is 212 Å². The van der Waals surface area contributed by atoms with Crippen LogP contribution in [0.15, 0.2) is 249 Å². The lowest BCUT2D eigenvalue weighted by Gasteiger charge is -2.33. The number of thiophene rings is 1. The van der Waals surface area contributed by atoms with E-state index in [0.717, 1.165) is 17.1 Å². The summed E-state index contributed by atoms with van der Waals surface area (Å²) in [6, 6.07) is 91.1. The largest absolute Gasteiger partial charge is 0.311 e. The van der Waals surface area contributed by atoms with E-state index in [2.05, 4.69) is 254 Å². The van der Waals surface area contributed by atoms with E-state index in [-0.39, 0.29) is 0 Å². The first-order valence-electron chi connectivity index (χ1n) is 21.7. The highest BCUT2D eigenvalue weighted by Gasteiger charge is 2.46. The molecule has 0 unspecified atom stereocenters. The van der Waals surface area contributed by atoms with Gasteiger partial charge in [0.05, 0.1) is 5.41 Å². The molecule has 0 bridgehead atoms. The molecular weight excluding hydrogens is 779 g/mol. The van der Waals surface area contributed by atoms with Gasteiger partial charge in [0.2, 0.25) is 0 Å². The average Bonchev–Trinajstić information content (AvgIpc) is 3.90. The summed E-state index contributed by atoms with van der Waals surface area (Å²) in [6.45, 7) is 0. The van der Waals surface area contributed by atoms with E-state index in [4.69, 9.17) is 0 Å². The highest BCUT2D eigenvalue weighted by atomic mass is 32.1. The highest BCUT2D eigenvalue weighted by molar-refractivity contribution is 7.27. The van der Waals surface area contributed by atoms with Crippen molar-refractivity contribution in [3.05, 3.63) is 271 Å². The molecule has 1 aliphatic carbocycles. The first-order chi connectivity index (χ1) is 31.3. The quantitative estimate of drug-likeness (QED) is 0.148. The number of nitrogens with zero attached hydrogens (tertiary/aromatic N) is 1. The van der Waals surface area contributed by atoms with Gasteiger partial charge >= 0.3 is 0 Å². The second kappa shape index (κ2) is 15.3. The number of benzene rings is 10. The van der Waals surface area contributed by atoms with Gasteiger partial charge in [0, 0.05) is 42.8 Å². The van der Waals surface area contributed by atoms with Crippen molar-refractivity contribution in [2.24, 2.45) is 0 Å². The van der Waals surface area contributed by atoms with E-state index in [1.165, 1.54) is 86.9 Å². The zero-order valence-electron chi connectivity index (χ0n) is 34.5. The van der Waals surface area contributed by atoms with Crippen LogP contribution in [0.25, 0.3) is 64.7 Å². The summed E-state index contributed by atoms with van der Waals surface area (Å²) in [6.07, 6.45) is 0. The number of rotatable bonds is 8. The molecule has 1 heterocycles. The summed E-state index contributed by atoms with van der Waals surface area (Å²) in [4.78, 5) is 2.36. The van der Waals surface area contributed by atoms with Crippen molar-refractivity contribution in [3.8, 4) is 44.5 Å². The Labute approximate surface area is 372 Å². The maximum atomic E-state index is 2.42. The molecule has 1 nitrogen and oxygen atoms in total. The van der Waals surface area contributed by atoms with Crippen LogP contribution in [0.3, 0.4) is 0 Å². The molecule has 2 heteroatoms. The third kappa shape index (κ3) is 6.06. The number of fused-ring (bicyclic) bond motifs is 7.